The molecule has 1 atom stereocenters. The number of carboxylic acids is 1. The van der Waals surface area contributed by atoms with Gasteiger partial charge in [0.2, 0.25) is 15.9 Å². The van der Waals surface area contributed by atoms with E-state index in [1.54, 1.807) is 47.9 Å². The maximum Gasteiger partial charge on any atom is 0.490 e. The van der Waals surface area contributed by atoms with E-state index in [-0.39, 0.29) is 24.4 Å². The van der Waals surface area contributed by atoms with E-state index in [1.807, 2.05) is 37.3 Å². The average molecular weight is 703 g/mol. The monoisotopic (exact) mass is 702 g/mol. The number of aryl methyl sites for hydroxylation is 1. The summed E-state index contributed by atoms with van der Waals surface area (Å²) in [5.41, 5.74) is 3.48. The van der Waals surface area contributed by atoms with E-state index in [4.69, 9.17) is 14.6 Å². The molecule has 5 rings (SSSR count). The summed E-state index contributed by atoms with van der Waals surface area (Å²) in [6.07, 6.45) is -4.61. The Balaban J connectivity index is 0.000000698. The third kappa shape index (κ3) is 9.52. The van der Waals surface area contributed by atoms with Crippen molar-refractivity contribution in [3.8, 4) is 5.75 Å². The molecule has 1 fully saturated rings. The number of pyridine rings is 1. The summed E-state index contributed by atoms with van der Waals surface area (Å²) in [7, 11) is -3.86. The zero-order valence-electron chi connectivity index (χ0n) is 26.1. The molecule has 4 aromatic rings. The summed E-state index contributed by atoms with van der Waals surface area (Å²) in [4.78, 5) is 39.2. The lowest BCUT2D eigenvalue weighted by molar-refractivity contribution is -0.192. The zero-order valence-corrected chi connectivity index (χ0v) is 26.9. The van der Waals surface area contributed by atoms with Crippen molar-refractivity contribution in [2.45, 2.75) is 49.4 Å². The molecule has 1 aliphatic rings. The predicted molar refractivity (Wildman–Crippen MR) is 170 cm³/mol. The number of aromatic nitrogens is 1. The number of aliphatic carboxylic acids is 1. The van der Waals surface area contributed by atoms with E-state index in [1.165, 1.54) is 16.4 Å². The Morgan fingerprint density at radius 3 is 2.27 bits per heavy atom. The van der Waals surface area contributed by atoms with Crippen LogP contribution in [0, 0.1) is 6.92 Å². The summed E-state index contributed by atoms with van der Waals surface area (Å²) < 4.78 is 65.7. The molecule has 260 valence electrons. The molecule has 0 radical (unpaired) electrons. The number of halogens is 3. The topological polar surface area (TPSA) is 175 Å². The summed E-state index contributed by atoms with van der Waals surface area (Å²) >= 11 is 0. The second-order valence-corrected chi connectivity index (χ2v) is 13.2. The van der Waals surface area contributed by atoms with Crippen molar-refractivity contribution in [3.63, 3.8) is 0 Å². The van der Waals surface area contributed by atoms with Crippen LogP contribution in [0.5, 0.6) is 5.75 Å². The lowest BCUT2D eigenvalue weighted by Gasteiger charge is -2.42. The van der Waals surface area contributed by atoms with Crippen molar-refractivity contribution in [1.82, 2.24) is 20.1 Å². The van der Waals surface area contributed by atoms with Gasteiger partial charge in [-0.15, -0.1) is 0 Å². The van der Waals surface area contributed by atoms with Crippen LogP contribution in [0.2, 0.25) is 0 Å². The fourth-order valence-corrected chi connectivity index (χ4v) is 6.95. The van der Waals surface area contributed by atoms with Crippen molar-refractivity contribution in [2.75, 3.05) is 13.1 Å². The highest BCUT2D eigenvalue weighted by atomic mass is 32.2. The quantitative estimate of drug-likeness (QED) is 0.144. The number of nitrogens with one attached hydrogen (secondary N) is 2. The lowest BCUT2D eigenvalue weighted by atomic mass is 9.86. The van der Waals surface area contributed by atoms with Gasteiger partial charge in [-0.3, -0.25) is 19.8 Å². The zero-order chi connectivity index (χ0) is 35.8. The number of carbonyl (C=O) groups excluding carboxylic acids is 2. The molecule has 12 nitrogen and oxygen atoms in total. The molecule has 1 aliphatic heterocycles. The number of amides is 2. The number of nitrogens with zero attached hydrogens (tertiary/aromatic N) is 2. The van der Waals surface area contributed by atoms with Gasteiger partial charge in [0.15, 0.2) is 0 Å². The largest absolute Gasteiger partial charge is 0.490 e. The number of carbonyl (C=O) groups is 3. The maximum atomic E-state index is 13.4. The van der Waals surface area contributed by atoms with Crippen LogP contribution < -0.4 is 15.5 Å². The van der Waals surface area contributed by atoms with Crippen molar-refractivity contribution in [2.24, 2.45) is 0 Å². The molecule has 2 amide bonds. The number of sulfonamides is 1. The molecule has 1 saturated heterocycles. The molecule has 49 heavy (non-hydrogen) atoms. The van der Waals surface area contributed by atoms with Crippen LogP contribution in [-0.2, 0) is 26.2 Å². The molecule has 0 saturated carbocycles. The standard InChI is InChI=1S/C31H32N4O6S.C2HF3O2/c1-22-18-24(27-10-5-6-11-28(27)32-22)20-41-25-14-12-23(13-15-25)30(37)33-31(19-29(36)34-38)16-7-17-35(21-31)42(39,40)26-8-3-2-4-9-26;3-2(4,5)1(6)7/h2-6,8-15,18,38H,7,16-17,19-21H2,1H3,(H,33,37)(H,34,36);(H,6,7). The molecule has 3 aromatic carbocycles. The second kappa shape index (κ2) is 15.4. The van der Waals surface area contributed by atoms with Gasteiger partial charge in [-0.25, -0.2) is 18.7 Å². The van der Waals surface area contributed by atoms with Crippen LogP contribution in [-0.4, -0.2) is 70.6 Å². The number of hydroxylamine groups is 1. The van der Waals surface area contributed by atoms with Gasteiger partial charge >= 0.3 is 12.1 Å². The van der Waals surface area contributed by atoms with Gasteiger partial charge in [0, 0.05) is 35.3 Å². The minimum absolute atomic E-state index is 0.121. The van der Waals surface area contributed by atoms with Crippen LogP contribution in [0.4, 0.5) is 13.2 Å². The number of hydrogen-bond acceptors (Lipinski definition) is 8. The molecule has 4 N–H and O–H groups in total. The molecular formula is C33H33F3N4O8S. The highest BCUT2D eigenvalue weighted by molar-refractivity contribution is 7.89. The van der Waals surface area contributed by atoms with E-state index < -0.39 is 39.5 Å². The second-order valence-electron chi connectivity index (χ2n) is 11.3. The molecular weight excluding hydrogens is 669 g/mol. The molecule has 16 heteroatoms. The first-order chi connectivity index (χ1) is 23.1. The van der Waals surface area contributed by atoms with Crippen LogP contribution in [0.3, 0.4) is 0 Å². The Hall–Kier alpha value is -5.06. The number of ether oxygens (including phenoxy) is 1. The average Bonchev–Trinajstić information content (AvgIpc) is 3.07. The van der Waals surface area contributed by atoms with Gasteiger partial charge in [0.05, 0.1) is 22.4 Å². The third-order valence-corrected chi connectivity index (χ3v) is 9.47. The first-order valence-corrected chi connectivity index (χ1v) is 16.3. The number of benzene rings is 3. The van der Waals surface area contributed by atoms with Crippen LogP contribution >= 0.6 is 0 Å². The smallest absolute Gasteiger partial charge is 0.489 e. The number of alkyl halides is 3. The number of fused-ring (bicyclic) bond motifs is 1. The van der Waals surface area contributed by atoms with E-state index >= 15 is 0 Å². The summed E-state index contributed by atoms with van der Waals surface area (Å²) in [5, 5.41) is 20.2. The Labute approximate surface area is 279 Å². The summed E-state index contributed by atoms with van der Waals surface area (Å²) in [6.45, 7) is 2.38. The third-order valence-electron chi connectivity index (χ3n) is 7.61. The number of rotatable bonds is 9. The minimum atomic E-state index is -5.08. The Morgan fingerprint density at radius 1 is 1.00 bits per heavy atom. The van der Waals surface area contributed by atoms with Gasteiger partial charge < -0.3 is 15.2 Å². The Kier molecular flexibility index (Phi) is 11.6. The minimum Gasteiger partial charge on any atom is -0.489 e. The Bertz CT molecular complexity index is 1910. The van der Waals surface area contributed by atoms with Gasteiger partial charge in [0.1, 0.15) is 12.4 Å². The number of para-hydroxylation sites is 1. The highest BCUT2D eigenvalue weighted by Crippen LogP contribution is 2.30. The van der Waals surface area contributed by atoms with Crippen molar-refractivity contribution >= 4 is 38.7 Å². The fraction of sp³-hybridized carbons (Fsp3) is 0.273. The highest BCUT2D eigenvalue weighted by Gasteiger charge is 2.43. The SMILES string of the molecule is Cc1cc(COc2ccc(C(=O)NC3(CC(=O)NO)CCCN(S(=O)(=O)c4ccccc4)C3)cc2)c2ccccc2n1.O=C(O)C(F)(F)F. The van der Waals surface area contributed by atoms with Gasteiger partial charge in [0.25, 0.3) is 5.91 Å². The molecule has 2 heterocycles. The van der Waals surface area contributed by atoms with Gasteiger partial charge in [-0.05, 0) is 68.3 Å². The van der Waals surface area contributed by atoms with Crippen molar-refractivity contribution in [1.29, 1.82) is 0 Å². The Morgan fingerprint density at radius 2 is 1.63 bits per heavy atom. The number of hydrogen-bond donors (Lipinski definition) is 4. The molecule has 0 bridgehead atoms. The molecule has 1 aromatic heterocycles. The first kappa shape index (κ1) is 36.8. The number of piperidine rings is 1. The predicted octanol–water partition coefficient (Wildman–Crippen LogP) is 4.60. The van der Waals surface area contributed by atoms with Crippen LogP contribution in [0.1, 0.15) is 40.9 Å². The van der Waals surface area contributed by atoms with Crippen molar-refractivity contribution < 1.29 is 51.0 Å². The molecule has 1 unspecified atom stereocenters. The lowest BCUT2D eigenvalue weighted by Crippen LogP contribution is -2.61. The van der Waals surface area contributed by atoms with E-state index in [2.05, 4.69) is 10.3 Å². The normalized spacial score (nSPS) is 16.6. The first-order valence-electron chi connectivity index (χ1n) is 14.8. The van der Waals surface area contributed by atoms with Crippen molar-refractivity contribution in [3.05, 3.63) is 102 Å². The molecule has 0 spiro atoms. The number of carboxylic acid groups (broad SMARTS) is 1. The van der Waals surface area contributed by atoms with E-state index in [0.717, 1.165) is 22.2 Å². The summed E-state index contributed by atoms with van der Waals surface area (Å²) in [5.74, 6) is -3.39. The van der Waals surface area contributed by atoms with Gasteiger partial charge in [-0.1, -0.05) is 36.4 Å². The fourth-order valence-electron chi connectivity index (χ4n) is 5.36. The van der Waals surface area contributed by atoms with Crippen LogP contribution in [0.15, 0.2) is 89.8 Å². The maximum absolute atomic E-state index is 13.4. The van der Waals surface area contributed by atoms with Gasteiger partial charge in [-0.2, -0.15) is 17.5 Å². The molecule has 0 aliphatic carbocycles. The van der Waals surface area contributed by atoms with Crippen LogP contribution in [0.25, 0.3) is 10.9 Å². The summed E-state index contributed by atoms with van der Waals surface area (Å²) in [6, 6.07) is 24.4. The van der Waals surface area contributed by atoms with E-state index in [9.17, 15) is 36.4 Å². The van der Waals surface area contributed by atoms with E-state index in [0.29, 0.717) is 30.8 Å².